The lowest BCUT2D eigenvalue weighted by molar-refractivity contribution is -0.384. The Bertz CT molecular complexity index is 945. The second-order valence-electron chi connectivity index (χ2n) is 5.14. The summed E-state index contributed by atoms with van der Waals surface area (Å²) in [5.41, 5.74) is -1.67. The Morgan fingerprint density at radius 3 is 2.42 bits per heavy atom. The molecule has 0 radical (unpaired) electrons. The Kier molecular flexibility index (Phi) is 4.99. The number of nitro benzene ring substituents is 1. The number of nitrogens with zero attached hydrogens (tertiary/aromatic N) is 2. The molecule has 4 N–H and O–H groups in total. The van der Waals surface area contributed by atoms with E-state index in [1.165, 1.54) is 11.0 Å². The molecule has 11 nitrogen and oxygen atoms in total. The SMILES string of the molecule is CCN(Cc1cc([N+](=O)[O-])cc2[nH]c(=O)c(=O)[nH]c12)CP(=O)(O)O. The highest BCUT2D eigenvalue weighted by Crippen LogP contribution is 2.35. The second-order valence-corrected chi connectivity index (χ2v) is 6.76. The van der Waals surface area contributed by atoms with Crippen molar-refractivity contribution < 1.29 is 19.3 Å². The third-order valence-corrected chi connectivity index (χ3v) is 4.10. The molecule has 0 saturated carbocycles. The second kappa shape index (κ2) is 6.65. The summed E-state index contributed by atoms with van der Waals surface area (Å²) in [4.78, 5) is 57.5. The summed E-state index contributed by atoms with van der Waals surface area (Å²) in [6.07, 6.45) is -0.540. The van der Waals surface area contributed by atoms with E-state index >= 15 is 0 Å². The predicted molar refractivity (Wildman–Crippen MR) is 84.8 cm³/mol. The van der Waals surface area contributed by atoms with E-state index in [0.29, 0.717) is 0 Å². The van der Waals surface area contributed by atoms with Crippen molar-refractivity contribution in [2.75, 3.05) is 12.8 Å². The maximum absolute atomic E-state index is 11.5. The molecular weight excluding hydrogens is 343 g/mol. The molecule has 1 heterocycles. The Balaban J connectivity index is 2.60. The first-order chi connectivity index (χ1) is 11.1. The van der Waals surface area contributed by atoms with E-state index in [4.69, 9.17) is 9.79 Å². The van der Waals surface area contributed by atoms with E-state index in [1.807, 2.05) is 0 Å². The monoisotopic (exact) mass is 358 g/mol. The molecule has 2 rings (SSSR count). The predicted octanol–water partition coefficient (Wildman–Crippen LogP) is 0.0817. The molecule has 0 atom stereocenters. The molecule has 1 aromatic heterocycles. The van der Waals surface area contributed by atoms with Gasteiger partial charge < -0.3 is 19.8 Å². The minimum absolute atomic E-state index is 0.0538. The molecule has 2 aromatic rings. The molecule has 0 aliphatic heterocycles. The van der Waals surface area contributed by atoms with Crippen molar-refractivity contribution in [2.45, 2.75) is 13.5 Å². The zero-order valence-electron chi connectivity index (χ0n) is 12.6. The third-order valence-electron chi connectivity index (χ3n) is 3.33. The average Bonchev–Trinajstić information content (AvgIpc) is 2.46. The fourth-order valence-corrected chi connectivity index (χ4v) is 3.10. The molecule has 0 aliphatic carbocycles. The Hall–Kier alpha value is -2.33. The van der Waals surface area contributed by atoms with Crippen LogP contribution in [0.25, 0.3) is 11.0 Å². The van der Waals surface area contributed by atoms with Gasteiger partial charge in [-0.3, -0.25) is 29.2 Å². The number of nitrogens with one attached hydrogen (secondary N) is 2. The molecule has 0 fully saturated rings. The van der Waals surface area contributed by atoms with Gasteiger partial charge in [-0.1, -0.05) is 6.92 Å². The third kappa shape index (κ3) is 4.15. The van der Waals surface area contributed by atoms with Crippen molar-refractivity contribution in [3.8, 4) is 0 Å². The minimum Gasteiger partial charge on any atom is -0.324 e. The van der Waals surface area contributed by atoms with Crippen LogP contribution in [-0.2, 0) is 11.1 Å². The normalized spacial score (nSPS) is 12.0. The van der Waals surface area contributed by atoms with Gasteiger partial charge in [0.1, 0.15) is 6.29 Å². The summed E-state index contributed by atoms with van der Waals surface area (Å²) in [6.45, 7) is 1.88. The molecule has 0 unspecified atom stereocenters. The quantitative estimate of drug-likeness (QED) is 0.243. The van der Waals surface area contributed by atoms with Crippen LogP contribution in [0.2, 0.25) is 0 Å². The number of non-ortho nitro benzene ring substituents is 1. The van der Waals surface area contributed by atoms with Crippen molar-refractivity contribution >= 4 is 24.3 Å². The fourth-order valence-electron chi connectivity index (χ4n) is 2.27. The van der Waals surface area contributed by atoms with Crippen LogP contribution in [-0.4, -0.2) is 42.4 Å². The van der Waals surface area contributed by atoms with Gasteiger partial charge in [-0.15, -0.1) is 0 Å². The Morgan fingerprint density at radius 2 is 1.88 bits per heavy atom. The van der Waals surface area contributed by atoms with Gasteiger partial charge in [0.2, 0.25) is 0 Å². The van der Waals surface area contributed by atoms with Crippen LogP contribution in [0.5, 0.6) is 0 Å². The largest absolute Gasteiger partial charge is 0.339 e. The van der Waals surface area contributed by atoms with Crippen molar-refractivity contribution in [1.82, 2.24) is 14.9 Å². The highest BCUT2D eigenvalue weighted by molar-refractivity contribution is 7.51. The van der Waals surface area contributed by atoms with Gasteiger partial charge in [-0.2, -0.15) is 0 Å². The summed E-state index contributed by atoms with van der Waals surface area (Å²) < 4.78 is 11.2. The average molecular weight is 358 g/mol. The molecule has 0 saturated heterocycles. The molecule has 130 valence electrons. The van der Waals surface area contributed by atoms with E-state index in [9.17, 15) is 24.3 Å². The van der Waals surface area contributed by atoms with E-state index < -0.39 is 29.9 Å². The van der Waals surface area contributed by atoms with E-state index in [2.05, 4.69) is 9.97 Å². The summed E-state index contributed by atoms with van der Waals surface area (Å²) in [5, 5.41) is 11.0. The number of hydrogen-bond donors (Lipinski definition) is 4. The topological polar surface area (TPSA) is 170 Å². The first kappa shape index (κ1) is 18.0. The lowest BCUT2D eigenvalue weighted by Gasteiger charge is -2.21. The van der Waals surface area contributed by atoms with Crippen LogP contribution >= 0.6 is 7.60 Å². The number of fused-ring (bicyclic) bond motifs is 1. The number of H-pyrrole nitrogens is 2. The summed E-state index contributed by atoms with van der Waals surface area (Å²) >= 11 is 0. The first-order valence-electron chi connectivity index (χ1n) is 6.81. The standard InChI is InChI=1S/C12H15N4O7P/c1-2-15(6-24(21,22)23)5-7-3-8(16(19)20)4-9-10(7)14-12(18)11(17)13-9/h3-4H,2,5-6H2,1H3,(H,13,17)(H,14,18)(H2,21,22,23). The lowest BCUT2D eigenvalue weighted by Crippen LogP contribution is -2.30. The van der Waals surface area contributed by atoms with Gasteiger partial charge >= 0.3 is 18.7 Å². The Morgan fingerprint density at radius 1 is 1.25 bits per heavy atom. The first-order valence-corrected chi connectivity index (χ1v) is 8.61. The zero-order chi connectivity index (χ0) is 18.1. The van der Waals surface area contributed by atoms with Crippen LogP contribution in [0, 0.1) is 10.1 Å². The number of rotatable bonds is 6. The fraction of sp³-hybridized carbons (Fsp3) is 0.333. The Labute approximate surface area is 134 Å². The maximum atomic E-state index is 11.5. The van der Waals surface area contributed by atoms with Gasteiger partial charge in [0.15, 0.2) is 0 Å². The summed E-state index contributed by atoms with van der Waals surface area (Å²) in [6, 6.07) is 2.30. The van der Waals surface area contributed by atoms with Crippen molar-refractivity contribution in [3.05, 3.63) is 48.5 Å². The molecule has 0 spiro atoms. The van der Waals surface area contributed by atoms with Crippen molar-refractivity contribution in [2.24, 2.45) is 0 Å². The van der Waals surface area contributed by atoms with Gasteiger partial charge in [0, 0.05) is 18.7 Å². The highest BCUT2D eigenvalue weighted by atomic mass is 31.2. The number of benzene rings is 1. The van der Waals surface area contributed by atoms with Crippen LogP contribution < -0.4 is 11.1 Å². The molecule has 1 aromatic carbocycles. The van der Waals surface area contributed by atoms with Gasteiger partial charge in [-0.05, 0) is 12.1 Å². The van der Waals surface area contributed by atoms with Gasteiger partial charge in [0.05, 0.1) is 16.0 Å². The van der Waals surface area contributed by atoms with Crippen LogP contribution in [0.1, 0.15) is 12.5 Å². The van der Waals surface area contributed by atoms with Crippen LogP contribution in [0.15, 0.2) is 21.7 Å². The number of nitro groups is 1. The highest BCUT2D eigenvalue weighted by Gasteiger charge is 2.21. The smallest absolute Gasteiger partial charge is 0.324 e. The maximum Gasteiger partial charge on any atom is 0.339 e. The number of aromatic amines is 2. The molecular formula is C12H15N4O7P. The molecule has 24 heavy (non-hydrogen) atoms. The number of hydrogen-bond acceptors (Lipinski definition) is 6. The molecule has 12 heteroatoms. The summed E-state index contributed by atoms with van der Waals surface area (Å²) in [7, 11) is -4.32. The lowest BCUT2D eigenvalue weighted by atomic mass is 10.1. The van der Waals surface area contributed by atoms with Crippen LogP contribution in [0.4, 0.5) is 5.69 Å². The van der Waals surface area contributed by atoms with Crippen LogP contribution in [0.3, 0.4) is 0 Å². The van der Waals surface area contributed by atoms with Gasteiger partial charge in [0.25, 0.3) is 5.69 Å². The molecule has 0 amide bonds. The molecule has 0 bridgehead atoms. The van der Waals surface area contributed by atoms with Gasteiger partial charge in [-0.25, -0.2) is 0 Å². The molecule has 0 aliphatic rings. The minimum atomic E-state index is -4.32. The zero-order valence-corrected chi connectivity index (χ0v) is 13.4. The number of aromatic nitrogens is 2. The van der Waals surface area contributed by atoms with Crippen molar-refractivity contribution in [3.63, 3.8) is 0 Å². The van der Waals surface area contributed by atoms with Crippen molar-refractivity contribution in [1.29, 1.82) is 0 Å². The van der Waals surface area contributed by atoms with E-state index in [1.54, 1.807) is 6.92 Å². The van der Waals surface area contributed by atoms with E-state index in [0.717, 1.165) is 6.07 Å². The summed E-state index contributed by atoms with van der Waals surface area (Å²) in [5.74, 6) is 0. The van der Waals surface area contributed by atoms with E-state index in [-0.39, 0.29) is 35.4 Å².